The molecule has 0 radical (unpaired) electrons. The van der Waals surface area contributed by atoms with Crippen LogP contribution in [0.5, 0.6) is 11.5 Å². The van der Waals surface area contributed by atoms with Gasteiger partial charge < -0.3 is 18.9 Å². The van der Waals surface area contributed by atoms with E-state index in [0.29, 0.717) is 75.3 Å². The van der Waals surface area contributed by atoms with E-state index in [1.807, 2.05) is 24.3 Å². The van der Waals surface area contributed by atoms with Crippen LogP contribution in [0.25, 0.3) is 10.4 Å². The highest BCUT2D eigenvalue weighted by Crippen LogP contribution is 2.64. The summed E-state index contributed by atoms with van der Waals surface area (Å²) in [7, 11) is 0. The maximum Gasteiger partial charge on any atom is 0.308 e. The van der Waals surface area contributed by atoms with E-state index >= 15 is 0 Å². The van der Waals surface area contributed by atoms with Gasteiger partial charge in [0.15, 0.2) is 0 Å². The minimum absolute atomic E-state index is 0.221. The third-order valence-corrected chi connectivity index (χ3v) is 9.25. The molecule has 0 spiro atoms. The lowest BCUT2D eigenvalue weighted by Crippen LogP contribution is -2.46. The Labute approximate surface area is 241 Å². The summed E-state index contributed by atoms with van der Waals surface area (Å²) in [6.45, 7) is 6.10. The average molecular weight is 562 g/mol. The molecule has 41 heavy (non-hydrogen) atoms. The lowest BCUT2D eigenvalue weighted by atomic mass is 9.51. The number of nitrogens with zero attached hydrogens (tertiary/aromatic N) is 3. The highest BCUT2D eigenvalue weighted by atomic mass is 16.5. The SMILES string of the molecule is CC(=O)Oc1ccc2c(c1)CC[C@@H]1[C@@H]2[C@@H](c2ccc(OCCOCCOCCN=[N+]=[N-])cc2)C[C@]2(C)C(=O)CC[C@@H]12. The Balaban J connectivity index is 1.26. The Hall–Kier alpha value is -3.39. The van der Waals surface area contributed by atoms with Gasteiger partial charge in [0.1, 0.15) is 23.9 Å². The molecular formula is C32H39N3O6. The van der Waals surface area contributed by atoms with Crippen LogP contribution >= 0.6 is 0 Å². The topological polar surface area (TPSA) is 120 Å². The van der Waals surface area contributed by atoms with Gasteiger partial charge in [-0.3, -0.25) is 9.59 Å². The van der Waals surface area contributed by atoms with Gasteiger partial charge in [0.2, 0.25) is 0 Å². The van der Waals surface area contributed by atoms with Crippen molar-refractivity contribution in [3.63, 3.8) is 0 Å². The van der Waals surface area contributed by atoms with Crippen LogP contribution in [0.1, 0.15) is 68.1 Å². The molecule has 0 saturated heterocycles. The van der Waals surface area contributed by atoms with Gasteiger partial charge in [-0.2, -0.15) is 0 Å². The molecule has 2 aromatic rings. The fourth-order valence-corrected chi connectivity index (χ4v) is 7.51. The molecule has 9 nitrogen and oxygen atoms in total. The van der Waals surface area contributed by atoms with Crippen LogP contribution in [-0.2, 0) is 25.5 Å². The number of benzene rings is 2. The van der Waals surface area contributed by atoms with E-state index in [9.17, 15) is 9.59 Å². The van der Waals surface area contributed by atoms with E-state index in [4.69, 9.17) is 24.5 Å². The Morgan fingerprint density at radius 2 is 1.73 bits per heavy atom. The molecule has 9 heteroatoms. The Morgan fingerprint density at radius 1 is 1.00 bits per heavy atom. The van der Waals surface area contributed by atoms with Gasteiger partial charge in [0, 0.05) is 30.2 Å². The quantitative estimate of drug-likeness (QED) is 0.0765. The fraction of sp³-hybridized carbons (Fsp3) is 0.562. The lowest BCUT2D eigenvalue weighted by Gasteiger charge is -2.52. The van der Waals surface area contributed by atoms with E-state index in [1.165, 1.54) is 23.6 Å². The van der Waals surface area contributed by atoms with Crippen molar-refractivity contribution in [2.45, 2.75) is 57.8 Å². The number of ketones is 1. The highest BCUT2D eigenvalue weighted by molar-refractivity contribution is 5.87. The zero-order valence-electron chi connectivity index (χ0n) is 23.9. The second-order valence-corrected chi connectivity index (χ2v) is 11.6. The summed E-state index contributed by atoms with van der Waals surface area (Å²) in [6, 6.07) is 14.4. The first-order valence-electron chi connectivity index (χ1n) is 14.6. The summed E-state index contributed by atoms with van der Waals surface area (Å²) in [5.74, 6) is 2.91. The van der Waals surface area contributed by atoms with E-state index in [1.54, 1.807) is 0 Å². The van der Waals surface area contributed by atoms with E-state index in [2.05, 4.69) is 35.1 Å². The van der Waals surface area contributed by atoms with Crippen molar-refractivity contribution in [1.29, 1.82) is 0 Å². The predicted molar refractivity (Wildman–Crippen MR) is 153 cm³/mol. The number of ether oxygens (including phenoxy) is 4. The maximum atomic E-state index is 13.2. The van der Waals surface area contributed by atoms with Crippen molar-refractivity contribution < 1.29 is 28.5 Å². The fourth-order valence-electron chi connectivity index (χ4n) is 7.51. The standard InChI is InChI=1S/C32H39N3O6/c1-21(36)41-25-8-10-26-23(19-25)5-9-27-29-11-12-30(37)32(29,2)20-28(31(26)27)22-3-6-24(7-4-22)40-18-17-39-16-15-38-14-13-34-35-33/h3-4,6-8,10,19,27-29,31H,5,9,11-18,20H2,1-2H3/t27-,28+,29-,31+,32-/m0/s1. The molecule has 5 atom stereocenters. The van der Waals surface area contributed by atoms with Crippen LogP contribution in [0.2, 0.25) is 0 Å². The van der Waals surface area contributed by atoms with Gasteiger partial charge >= 0.3 is 5.97 Å². The molecule has 2 aromatic carbocycles. The van der Waals surface area contributed by atoms with Crippen LogP contribution in [0.4, 0.5) is 0 Å². The number of azide groups is 1. The first kappa shape index (κ1) is 29.1. The summed E-state index contributed by atoms with van der Waals surface area (Å²) in [5, 5.41) is 3.42. The third-order valence-electron chi connectivity index (χ3n) is 9.25. The number of hydrogen-bond donors (Lipinski definition) is 0. The van der Waals surface area contributed by atoms with E-state index < -0.39 is 0 Å². The molecule has 0 aliphatic heterocycles. The van der Waals surface area contributed by atoms with Crippen LogP contribution in [0, 0.1) is 17.3 Å². The summed E-state index contributed by atoms with van der Waals surface area (Å²) in [5.41, 5.74) is 11.8. The number of aryl methyl sites for hydroxylation is 1. The Morgan fingerprint density at radius 3 is 2.49 bits per heavy atom. The summed E-state index contributed by atoms with van der Waals surface area (Å²) in [6.07, 6.45) is 4.51. The summed E-state index contributed by atoms with van der Waals surface area (Å²) >= 11 is 0. The molecule has 3 aliphatic rings. The third kappa shape index (κ3) is 6.43. The van der Waals surface area contributed by atoms with E-state index in [-0.39, 0.29) is 17.3 Å². The van der Waals surface area contributed by atoms with Crippen molar-refractivity contribution >= 4 is 11.8 Å². The zero-order valence-corrected chi connectivity index (χ0v) is 23.9. The second-order valence-electron chi connectivity index (χ2n) is 11.6. The van der Waals surface area contributed by atoms with Gasteiger partial charge in [-0.05, 0) is 95.8 Å². The van der Waals surface area contributed by atoms with Crippen molar-refractivity contribution in [2.24, 2.45) is 22.4 Å². The van der Waals surface area contributed by atoms with E-state index in [0.717, 1.165) is 31.4 Å². The van der Waals surface area contributed by atoms with Gasteiger partial charge in [-0.1, -0.05) is 30.2 Å². The van der Waals surface area contributed by atoms with Crippen molar-refractivity contribution in [3.8, 4) is 11.5 Å². The number of carbonyl (C=O) groups is 2. The predicted octanol–water partition coefficient (Wildman–Crippen LogP) is 6.15. The van der Waals surface area contributed by atoms with Crippen LogP contribution in [0.3, 0.4) is 0 Å². The van der Waals surface area contributed by atoms with Crippen LogP contribution < -0.4 is 9.47 Å². The molecule has 5 rings (SSSR count). The molecule has 2 fully saturated rings. The minimum atomic E-state index is -0.309. The first-order chi connectivity index (χ1) is 19.9. The molecule has 0 unspecified atom stereocenters. The first-order valence-corrected chi connectivity index (χ1v) is 14.6. The number of esters is 1. The Kier molecular flexibility index (Phi) is 9.28. The van der Waals surface area contributed by atoms with Gasteiger partial charge in [-0.15, -0.1) is 0 Å². The smallest absolute Gasteiger partial charge is 0.308 e. The molecule has 0 aromatic heterocycles. The lowest BCUT2D eigenvalue weighted by molar-refractivity contribution is -0.132. The second kappa shape index (κ2) is 13.1. The largest absolute Gasteiger partial charge is 0.491 e. The highest BCUT2D eigenvalue weighted by Gasteiger charge is 2.57. The van der Waals surface area contributed by atoms with Gasteiger partial charge in [0.05, 0.1) is 26.4 Å². The number of Topliss-reactive ketones (excluding diaryl/α,β-unsaturated/α-hetero) is 1. The normalized spacial score (nSPS) is 26.3. The summed E-state index contributed by atoms with van der Waals surface area (Å²) in [4.78, 5) is 27.4. The molecule has 0 amide bonds. The molecule has 0 heterocycles. The molecule has 3 aliphatic carbocycles. The summed E-state index contributed by atoms with van der Waals surface area (Å²) < 4.78 is 22.2. The molecule has 2 saturated carbocycles. The number of hydrogen-bond acceptors (Lipinski definition) is 7. The maximum absolute atomic E-state index is 13.2. The molecule has 0 bridgehead atoms. The van der Waals surface area contributed by atoms with Crippen molar-refractivity contribution in [1.82, 2.24) is 0 Å². The Bertz CT molecular complexity index is 1290. The van der Waals surface area contributed by atoms with Gasteiger partial charge in [0.25, 0.3) is 0 Å². The van der Waals surface area contributed by atoms with Crippen LogP contribution in [0.15, 0.2) is 47.6 Å². The van der Waals surface area contributed by atoms with Crippen molar-refractivity contribution in [3.05, 3.63) is 69.6 Å². The number of carbonyl (C=O) groups excluding carboxylic acids is 2. The zero-order chi connectivity index (χ0) is 28.8. The number of fused-ring (bicyclic) bond motifs is 5. The molecular weight excluding hydrogens is 522 g/mol. The van der Waals surface area contributed by atoms with Crippen molar-refractivity contribution in [2.75, 3.05) is 39.6 Å². The van der Waals surface area contributed by atoms with Gasteiger partial charge in [-0.25, -0.2) is 0 Å². The number of rotatable bonds is 12. The molecule has 0 N–H and O–H groups in total. The van der Waals surface area contributed by atoms with Crippen LogP contribution in [-0.4, -0.2) is 51.3 Å². The monoisotopic (exact) mass is 561 g/mol. The molecule has 218 valence electrons. The minimum Gasteiger partial charge on any atom is -0.491 e. The average Bonchev–Trinajstić information content (AvgIpc) is 3.27.